The molecule has 38 nitrogen and oxygen atoms in total. The van der Waals surface area contributed by atoms with Gasteiger partial charge in [0.15, 0.2) is 17.5 Å². The second kappa shape index (κ2) is 49.8. The fourth-order valence-corrected chi connectivity index (χ4v) is 17.0. The molecule has 3 aliphatic heterocycles. The summed E-state index contributed by atoms with van der Waals surface area (Å²) in [5.74, 6) is -26.1. The first-order chi connectivity index (χ1) is 63.9. The molecule has 3 aliphatic rings. The number of benzene rings is 5. The number of aromatic hydroxyl groups is 1. The number of unbranched alkanes of at least 4 members (excludes halogenated alkanes) is 1. The molecule has 3 fully saturated rings. The van der Waals surface area contributed by atoms with Gasteiger partial charge in [0.1, 0.15) is 84.3 Å². The number of aromatic nitrogens is 1. The van der Waals surface area contributed by atoms with Crippen LogP contribution in [0.1, 0.15) is 113 Å². The number of ether oxygens (including phenoxy) is 1. The number of fused-ring (bicyclic) bond motifs is 3. The number of primary amides is 1. The lowest BCUT2D eigenvalue weighted by Gasteiger charge is -2.38. The van der Waals surface area contributed by atoms with Gasteiger partial charge in [-0.2, -0.15) is 0 Å². The van der Waals surface area contributed by atoms with E-state index in [1.54, 1.807) is 98.0 Å². The molecule has 13 atom stereocenters. The number of nitrogens with zero attached hydrogens (tertiary/aromatic N) is 5. The highest BCUT2D eigenvalue weighted by Crippen LogP contribution is 2.28. The Morgan fingerprint density at radius 3 is 1.72 bits per heavy atom. The standard InChI is InChI=1S/C92H116F3N17O21S/c1-7-8-26-70-91(131)111-35-18-27-69(111)85(125)105-66(45-77(118)119)84(124)107-79(51(2)3)92(132)109(5)71(42-52-19-11-9-12-20-52)86(126)102-63(32-33-76(116)117)89(129)112-36-37-133-48-73(112)87(127)104-65(44-56-46-98-61-24-16-15-23-58(56)61)83(123)103-64(40-54-28-30-57(113)31-29-54)82(122)101-62(25-17-34-96)81(121)106-68(80(120)99-47-74(97)114)49-134-50-75(115)100-67(41-55-38-59(93)78(95)60(94)39-55)88(128)110(6)72(90(130)108(70)4)43-53-21-13-10-14-22-53/h9-16,19-24,28-31,38-39,46,51,62-73,79,98,113H,7-8,17-18,25-27,32-37,40-45,47-50,96H2,1-6H3,(H2,97,114)(H,99,120)(H,100,115)(H,101,122)(H,102,126)(H,103,123)(H,104,127)(H,105,125)(H,106,121)(H,107,124)(H,116,117)(H,118,119)/t62-,63-,64-,65-,66-,67-,68-,69+,70-,71-,72-,73+,79-/m0/s1. The molecule has 9 rings (SSSR count). The number of halogens is 3. The molecule has 15 amide bonds. The minimum atomic E-state index is -1.98. The van der Waals surface area contributed by atoms with E-state index in [0.717, 1.165) is 24.5 Å². The van der Waals surface area contributed by atoms with E-state index in [2.05, 4.69) is 52.8 Å². The maximum atomic E-state index is 15.7. The van der Waals surface area contributed by atoms with Crippen molar-refractivity contribution in [1.82, 2.24) is 77.3 Å². The zero-order valence-electron chi connectivity index (χ0n) is 75.1. The summed E-state index contributed by atoms with van der Waals surface area (Å²) in [4.78, 5) is 258. The number of nitrogens with two attached hydrogens (primary N) is 2. The van der Waals surface area contributed by atoms with Crippen molar-refractivity contribution in [2.45, 2.75) is 196 Å². The fraction of sp³-hybridized carbons (Fsp3) is 0.467. The number of aliphatic carboxylic acids is 2. The zero-order chi connectivity index (χ0) is 97.7. The maximum Gasteiger partial charge on any atom is 0.305 e. The lowest BCUT2D eigenvalue weighted by atomic mass is 9.98. The molecule has 134 heavy (non-hydrogen) atoms. The van der Waals surface area contributed by atoms with Crippen LogP contribution < -0.4 is 59.3 Å². The number of aromatic amines is 1. The van der Waals surface area contributed by atoms with Crippen LogP contribution in [-0.4, -0.2) is 296 Å². The predicted molar refractivity (Wildman–Crippen MR) is 482 cm³/mol. The van der Waals surface area contributed by atoms with E-state index < -0.39 is 259 Å². The topological polar surface area (TPSA) is 552 Å². The highest BCUT2D eigenvalue weighted by atomic mass is 32.2. The largest absolute Gasteiger partial charge is 0.508 e. The molecule has 6 aromatic rings. The average Bonchev–Trinajstić information content (AvgIpc) is 1.41. The smallest absolute Gasteiger partial charge is 0.305 e. The van der Waals surface area contributed by atoms with Gasteiger partial charge in [0.25, 0.3) is 0 Å². The van der Waals surface area contributed by atoms with Crippen LogP contribution in [0.3, 0.4) is 0 Å². The van der Waals surface area contributed by atoms with Crippen molar-refractivity contribution < 1.29 is 115 Å². The van der Waals surface area contributed by atoms with Crippen LogP contribution >= 0.6 is 11.8 Å². The van der Waals surface area contributed by atoms with Gasteiger partial charge >= 0.3 is 11.9 Å². The summed E-state index contributed by atoms with van der Waals surface area (Å²) in [7, 11) is 3.67. The number of nitrogens with one attached hydrogen (secondary N) is 10. The number of carboxylic acid groups (broad SMARTS) is 2. The third-order valence-electron chi connectivity index (χ3n) is 23.5. The van der Waals surface area contributed by atoms with E-state index >= 15 is 51.9 Å². The Labute approximate surface area is 775 Å². The number of phenols is 1. The van der Waals surface area contributed by atoms with Gasteiger partial charge in [0, 0.05) is 95.6 Å². The molecule has 42 heteroatoms. The Morgan fingerprint density at radius 2 is 1.09 bits per heavy atom. The highest BCUT2D eigenvalue weighted by molar-refractivity contribution is 8.00. The van der Waals surface area contributed by atoms with Crippen molar-refractivity contribution in [3.05, 3.63) is 173 Å². The summed E-state index contributed by atoms with van der Waals surface area (Å²) in [6.07, 6.45) is -2.57. The van der Waals surface area contributed by atoms with Crippen LogP contribution in [0.4, 0.5) is 13.2 Å². The molecule has 4 heterocycles. The summed E-state index contributed by atoms with van der Waals surface area (Å²) >= 11 is 0.645. The minimum absolute atomic E-state index is 0.00838. The van der Waals surface area contributed by atoms with E-state index in [9.17, 15) is 58.1 Å². The van der Waals surface area contributed by atoms with Crippen LogP contribution in [0, 0.1) is 23.4 Å². The minimum Gasteiger partial charge on any atom is -0.508 e. The van der Waals surface area contributed by atoms with Gasteiger partial charge < -0.3 is 109 Å². The number of carbonyl (C=O) groups excluding carboxylic acids is 15. The van der Waals surface area contributed by atoms with Gasteiger partial charge in [-0.05, 0) is 109 Å². The number of para-hydroxylation sites is 1. The van der Waals surface area contributed by atoms with E-state index in [4.69, 9.17) is 16.2 Å². The number of H-pyrrole nitrogens is 1. The van der Waals surface area contributed by atoms with Gasteiger partial charge in [-0.15, -0.1) is 11.8 Å². The van der Waals surface area contributed by atoms with Gasteiger partial charge in [-0.3, -0.25) is 81.5 Å². The molecule has 17 N–H and O–H groups in total. The van der Waals surface area contributed by atoms with Crippen molar-refractivity contribution >= 4 is 123 Å². The number of thioether (sulfide) groups is 1. The molecule has 0 aliphatic carbocycles. The van der Waals surface area contributed by atoms with Crippen LogP contribution in [0.2, 0.25) is 0 Å². The van der Waals surface area contributed by atoms with E-state index in [1.165, 1.54) is 59.3 Å². The van der Waals surface area contributed by atoms with E-state index in [1.807, 2.05) is 0 Å². The first kappa shape index (κ1) is 104. The Balaban J connectivity index is 1.14. The second-order valence-corrected chi connectivity index (χ2v) is 34.6. The molecule has 0 spiro atoms. The number of rotatable bonds is 25. The molecule has 0 saturated carbocycles. The Hall–Kier alpha value is -13.5. The second-order valence-electron chi connectivity index (χ2n) is 33.6. The SMILES string of the molecule is CCCC[C@H]1C(=O)N2CCC[C@@H]2C(=O)N[C@@H](CC(=O)O)C(=O)N[C@@H](C(C)C)C(=O)N(C)[C@@H](Cc2ccccc2)C(=O)N[C@@H](CCC(=O)O)C(=O)N2CCOC[C@@H]2C(=O)N[C@@H](Cc2c[nH]c3ccccc23)C(=O)N[C@@H](Cc2ccc(O)cc2)C(=O)N[C@@H](CCCN)C(=O)N[C@H](C(=O)NCC(N)=O)CSCC(=O)N[C@@H](Cc2cc(F)c(F)c(F)c2)C(=O)N(C)[C@@H](Cc2ccccc2)C(=O)N1C. The summed E-state index contributed by atoms with van der Waals surface area (Å²) in [6.45, 7) is 2.66. The average molecular weight is 1890 g/mol. The number of amides is 15. The summed E-state index contributed by atoms with van der Waals surface area (Å²) in [5, 5.41) is 54.6. The fourth-order valence-electron chi connectivity index (χ4n) is 16.1. The number of phenolic OH excluding ortho intramolecular Hbond substituents is 1. The van der Waals surface area contributed by atoms with Gasteiger partial charge in [0.2, 0.25) is 88.6 Å². The molecule has 1 aromatic heterocycles. The number of hydrogen-bond acceptors (Lipinski definition) is 21. The molecular weight excluding hydrogens is 1770 g/mol. The Morgan fingerprint density at radius 1 is 0.537 bits per heavy atom. The molecule has 0 radical (unpaired) electrons. The van der Waals surface area contributed by atoms with Crippen molar-refractivity contribution in [2.24, 2.45) is 17.4 Å². The van der Waals surface area contributed by atoms with Crippen molar-refractivity contribution in [3.8, 4) is 5.75 Å². The molecular formula is C92H116F3N17O21S. The van der Waals surface area contributed by atoms with Crippen molar-refractivity contribution in [1.29, 1.82) is 0 Å². The summed E-state index contributed by atoms with van der Waals surface area (Å²) < 4.78 is 50.9. The van der Waals surface area contributed by atoms with Crippen LogP contribution in [-0.2, 0) is 118 Å². The van der Waals surface area contributed by atoms with E-state index in [0.29, 0.717) is 63.5 Å². The van der Waals surface area contributed by atoms with Crippen LogP contribution in [0.25, 0.3) is 10.9 Å². The van der Waals surface area contributed by atoms with Crippen molar-refractivity contribution in [2.75, 3.05) is 72.0 Å². The first-order valence-electron chi connectivity index (χ1n) is 44.1. The monoisotopic (exact) mass is 1880 g/mol. The van der Waals surface area contributed by atoms with Gasteiger partial charge in [-0.25, -0.2) is 13.2 Å². The summed E-state index contributed by atoms with van der Waals surface area (Å²) in [5.41, 5.74) is 13.3. The molecule has 0 unspecified atom stereocenters. The van der Waals surface area contributed by atoms with E-state index in [-0.39, 0.29) is 95.3 Å². The Kier molecular flexibility index (Phi) is 38.7. The maximum absolute atomic E-state index is 15.7. The lowest BCUT2D eigenvalue weighted by Crippen LogP contribution is -2.64. The lowest BCUT2D eigenvalue weighted by molar-refractivity contribution is -0.152. The summed E-state index contributed by atoms with van der Waals surface area (Å²) in [6, 6.07) is 7.91. The number of morpholine rings is 1. The third-order valence-corrected chi connectivity index (χ3v) is 24.6. The zero-order valence-corrected chi connectivity index (χ0v) is 75.9. The highest BCUT2D eigenvalue weighted by Gasteiger charge is 2.46. The third kappa shape index (κ3) is 29.0. The number of likely N-dealkylation sites (N-methyl/N-ethyl adjacent to an activating group) is 3. The van der Waals surface area contributed by atoms with Gasteiger partial charge in [0.05, 0.1) is 31.9 Å². The van der Waals surface area contributed by atoms with Crippen LogP contribution in [0.15, 0.2) is 128 Å². The molecule has 722 valence electrons. The molecule has 5 aromatic carbocycles. The van der Waals surface area contributed by atoms with Crippen LogP contribution in [0.5, 0.6) is 5.75 Å². The molecule has 3 saturated heterocycles. The van der Waals surface area contributed by atoms with Crippen molar-refractivity contribution in [3.63, 3.8) is 0 Å². The Bertz CT molecular complexity index is 5190. The number of carbonyl (C=O) groups is 17. The predicted octanol–water partition coefficient (Wildman–Crippen LogP) is 0.655. The first-order valence-corrected chi connectivity index (χ1v) is 45.2. The number of carboxylic acids is 2. The molecule has 0 bridgehead atoms. The van der Waals surface area contributed by atoms with Gasteiger partial charge in [-0.1, -0.05) is 125 Å². The normalized spacial score (nSPS) is 23.5. The number of hydrogen-bond donors (Lipinski definition) is 15. The quantitative estimate of drug-likeness (QED) is 0.0350.